The van der Waals surface area contributed by atoms with Crippen molar-refractivity contribution >= 4 is 16.5 Å². The van der Waals surface area contributed by atoms with E-state index in [2.05, 4.69) is 0 Å². The maximum atomic E-state index is 10.9. The first-order chi connectivity index (χ1) is 7.77. The molecule has 1 aliphatic heterocycles. The summed E-state index contributed by atoms with van der Waals surface area (Å²) in [5, 5.41) is 12.2. The van der Waals surface area contributed by atoms with E-state index in [0.29, 0.717) is 16.9 Å². The number of rotatable bonds is 1. The first-order valence-electron chi connectivity index (χ1n) is 4.73. The van der Waals surface area contributed by atoms with Gasteiger partial charge in [0.15, 0.2) is 11.5 Å². The number of nitrogens with zero attached hydrogens (tertiary/aromatic N) is 1. The molecule has 5 heteroatoms. The summed E-state index contributed by atoms with van der Waals surface area (Å²) in [6.07, 6.45) is 0. The molecule has 0 aromatic heterocycles. The van der Waals surface area contributed by atoms with Crippen LogP contribution in [-0.4, -0.2) is 11.7 Å². The van der Waals surface area contributed by atoms with Gasteiger partial charge >= 0.3 is 0 Å². The van der Waals surface area contributed by atoms with Gasteiger partial charge in [-0.3, -0.25) is 10.1 Å². The second kappa shape index (κ2) is 3.10. The van der Waals surface area contributed by atoms with Gasteiger partial charge in [0, 0.05) is 6.07 Å². The van der Waals surface area contributed by atoms with Crippen molar-refractivity contribution in [2.24, 2.45) is 0 Å². The second-order valence-corrected chi connectivity index (χ2v) is 3.43. The fourth-order valence-corrected chi connectivity index (χ4v) is 1.87. The SMILES string of the molecule is O=[N+]([O-])c1cccc2ccc3c(c12)OCO3. The molecule has 2 aromatic carbocycles. The Labute approximate surface area is 90.4 Å². The highest BCUT2D eigenvalue weighted by Crippen LogP contribution is 2.42. The van der Waals surface area contributed by atoms with Gasteiger partial charge in [0.2, 0.25) is 6.79 Å². The number of nitro benzene ring substituents is 1. The summed E-state index contributed by atoms with van der Waals surface area (Å²) in [5.41, 5.74) is 0.0415. The van der Waals surface area contributed by atoms with Gasteiger partial charge in [0.25, 0.3) is 5.69 Å². The summed E-state index contributed by atoms with van der Waals surface area (Å²) >= 11 is 0. The predicted molar refractivity (Wildman–Crippen MR) is 56.7 cm³/mol. The Balaban J connectivity index is 2.44. The lowest BCUT2D eigenvalue weighted by molar-refractivity contribution is -0.383. The summed E-state index contributed by atoms with van der Waals surface area (Å²) < 4.78 is 10.5. The maximum absolute atomic E-state index is 10.9. The molecule has 0 N–H and O–H groups in total. The van der Waals surface area contributed by atoms with E-state index in [1.807, 2.05) is 6.07 Å². The average Bonchev–Trinajstić information content (AvgIpc) is 2.76. The Morgan fingerprint density at radius 1 is 1.19 bits per heavy atom. The molecule has 0 unspecified atom stereocenters. The Morgan fingerprint density at radius 2 is 2.06 bits per heavy atom. The third kappa shape index (κ3) is 1.11. The minimum absolute atomic E-state index is 0.0415. The third-order valence-electron chi connectivity index (χ3n) is 2.55. The fraction of sp³-hybridized carbons (Fsp3) is 0.0909. The van der Waals surface area contributed by atoms with Crippen LogP contribution in [0.4, 0.5) is 5.69 Å². The molecule has 0 saturated heterocycles. The third-order valence-corrected chi connectivity index (χ3v) is 2.55. The maximum Gasteiger partial charge on any atom is 0.281 e. The summed E-state index contributed by atoms with van der Waals surface area (Å²) in [4.78, 5) is 10.5. The zero-order valence-electron chi connectivity index (χ0n) is 8.17. The Hall–Kier alpha value is -2.30. The topological polar surface area (TPSA) is 61.6 Å². The fourth-order valence-electron chi connectivity index (χ4n) is 1.87. The van der Waals surface area contributed by atoms with Crippen LogP contribution < -0.4 is 9.47 Å². The van der Waals surface area contributed by atoms with Crippen molar-refractivity contribution in [3.8, 4) is 11.5 Å². The zero-order chi connectivity index (χ0) is 11.1. The van der Waals surface area contributed by atoms with Gasteiger partial charge in [0.1, 0.15) is 5.39 Å². The van der Waals surface area contributed by atoms with Gasteiger partial charge in [-0.05, 0) is 11.5 Å². The van der Waals surface area contributed by atoms with Crippen LogP contribution in [0.2, 0.25) is 0 Å². The van der Waals surface area contributed by atoms with E-state index in [4.69, 9.17) is 9.47 Å². The zero-order valence-corrected chi connectivity index (χ0v) is 8.17. The lowest BCUT2D eigenvalue weighted by Crippen LogP contribution is -1.94. The van der Waals surface area contributed by atoms with Crippen molar-refractivity contribution in [3.05, 3.63) is 40.4 Å². The molecule has 16 heavy (non-hydrogen) atoms. The molecule has 5 nitrogen and oxygen atoms in total. The minimum atomic E-state index is -0.412. The number of fused-ring (bicyclic) bond motifs is 3. The van der Waals surface area contributed by atoms with Crippen molar-refractivity contribution in [1.82, 2.24) is 0 Å². The lowest BCUT2D eigenvalue weighted by atomic mass is 10.1. The molecule has 0 spiro atoms. The smallest absolute Gasteiger partial charge is 0.281 e. The predicted octanol–water partition coefficient (Wildman–Crippen LogP) is 2.48. The number of hydrogen-bond acceptors (Lipinski definition) is 4. The Morgan fingerprint density at radius 3 is 2.88 bits per heavy atom. The molecule has 0 saturated carbocycles. The molecule has 3 rings (SSSR count). The highest BCUT2D eigenvalue weighted by atomic mass is 16.7. The second-order valence-electron chi connectivity index (χ2n) is 3.43. The highest BCUT2D eigenvalue weighted by Gasteiger charge is 2.23. The molecular formula is C11H7NO4. The van der Waals surface area contributed by atoms with E-state index in [-0.39, 0.29) is 12.5 Å². The van der Waals surface area contributed by atoms with Crippen molar-refractivity contribution in [2.45, 2.75) is 0 Å². The van der Waals surface area contributed by atoms with Gasteiger partial charge < -0.3 is 9.47 Å². The van der Waals surface area contributed by atoms with Crippen LogP contribution in [0.1, 0.15) is 0 Å². The monoisotopic (exact) mass is 217 g/mol. The van der Waals surface area contributed by atoms with E-state index in [0.717, 1.165) is 5.39 Å². The normalized spacial score (nSPS) is 13.0. The van der Waals surface area contributed by atoms with Crippen molar-refractivity contribution < 1.29 is 14.4 Å². The van der Waals surface area contributed by atoms with Crippen LogP contribution in [0.5, 0.6) is 11.5 Å². The van der Waals surface area contributed by atoms with Gasteiger partial charge in [-0.15, -0.1) is 0 Å². The van der Waals surface area contributed by atoms with Crippen LogP contribution in [-0.2, 0) is 0 Å². The largest absolute Gasteiger partial charge is 0.454 e. The molecule has 2 aromatic rings. The lowest BCUT2D eigenvalue weighted by Gasteiger charge is -2.02. The minimum Gasteiger partial charge on any atom is -0.454 e. The van der Waals surface area contributed by atoms with Crippen LogP contribution in [0.15, 0.2) is 30.3 Å². The molecule has 1 heterocycles. The molecule has 0 amide bonds. The van der Waals surface area contributed by atoms with Crippen molar-refractivity contribution in [3.63, 3.8) is 0 Å². The average molecular weight is 217 g/mol. The highest BCUT2D eigenvalue weighted by molar-refractivity contribution is 5.98. The van der Waals surface area contributed by atoms with Gasteiger partial charge in [-0.1, -0.05) is 18.2 Å². The first kappa shape index (κ1) is 8.96. The Bertz CT molecular complexity index is 594. The van der Waals surface area contributed by atoms with Gasteiger partial charge in [-0.2, -0.15) is 0 Å². The quantitative estimate of drug-likeness (QED) is 0.543. The summed E-state index contributed by atoms with van der Waals surface area (Å²) in [6, 6.07) is 8.47. The molecular weight excluding hydrogens is 210 g/mol. The number of hydrogen-bond donors (Lipinski definition) is 0. The Kier molecular flexibility index (Phi) is 1.73. The van der Waals surface area contributed by atoms with Gasteiger partial charge in [0.05, 0.1) is 4.92 Å². The first-order valence-corrected chi connectivity index (χ1v) is 4.73. The molecule has 0 bridgehead atoms. The van der Waals surface area contributed by atoms with Gasteiger partial charge in [-0.25, -0.2) is 0 Å². The molecule has 1 aliphatic rings. The summed E-state index contributed by atoms with van der Waals surface area (Å²) in [6.45, 7) is 0.112. The number of non-ortho nitro benzene ring substituents is 1. The van der Waals surface area contributed by atoms with Crippen LogP contribution in [0.25, 0.3) is 10.8 Å². The van der Waals surface area contributed by atoms with E-state index >= 15 is 0 Å². The number of ether oxygens (including phenoxy) is 2. The molecule has 80 valence electrons. The summed E-state index contributed by atoms with van der Waals surface area (Å²) in [7, 11) is 0. The van der Waals surface area contributed by atoms with E-state index in [1.54, 1.807) is 18.2 Å². The van der Waals surface area contributed by atoms with E-state index in [1.165, 1.54) is 6.07 Å². The number of nitro groups is 1. The van der Waals surface area contributed by atoms with Crippen LogP contribution >= 0.6 is 0 Å². The molecule has 0 aliphatic carbocycles. The van der Waals surface area contributed by atoms with E-state index in [9.17, 15) is 10.1 Å². The van der Waals surface area contributed by atoms with E-state index < -0.39 is 4.92 Å². The number of benzene rings is 2. The molecule has 0 atom stereocenters. The van der Waals surface area contributed by atoms with Crippen LogP contribution in [0.3, 0.4) is 0 Å². The summed E-state index contributed by atoms with van der Waals surface area (Å²) in [5.74, 6) is 1.02. The standard InChI is InChI=1S/C11H7NO4/c13-12(14)8-3-1-2-7-4-5-9-11(10(7)8)16-6-15-9/h1-5H,6H2. The van der Waals surface area contributed by atoms with Crippen LogP contribution in [0, 0.1) is 10.1 Å². The van der Waals surface area contributed by atoms with Crippen molar-refractivity contribution in [2.75, 3.05) is 6.79 Å². The van der Waals surface area contributed by atoms with Crippen molar-refractivity contribution in [1.29, 1.82) is 0 Å². The molecule has 0 fully saturated rings. The molecule has 0 radical (unpaired) electrons.